The molecule has 0 aliphatic carbocycles. The van der Waals surface area contributed by atoms with Crippen molar-refractivity contribution in [2.45, 2.75) is 13.0 Å². The number of hydrogen-bond donors (Lipinski definition) is 2. The van der Waals surface area contributed by atoms with Gasteiger partial charge in [0.1, 0.15) is 13.2 Å². The Morgan fingerprint density at radius 3 is 2.52 bits per heavy atom. The second-order valence-electron chi connectivity index (χ2n) is 6.95. The Bertz CT molecular complexity index is 956. The van der Waals surface area contributed by atoms with Crippen LogP contribution in [-0.4, -0.2) is 42.6 Å². The number of ether oxygens (including phenoxy) is 2. The maximum atomic E-state index is 12.5. The topological polar surface area (TPSA) is 105 Å². The summed E-state index contributed by atoms with van der Waals surface area (Å²) >= 11 is 0. The second-order valence-corrected chi connectivity index (χ2v) is 6.95. The number of benzene rings is 2. The second kappa shape index (κ2) is 7.83. The fourth-order valence-electron chi connectivity index (χ4n) is 3.43. The molecule has 0 radical (unpaired) electrons. The zero-order valence-electron chi connectivity index (χ0n) is 15.6. The molecule has 2 aromatic carbocycles. The van der Waals surface area contributed by atoms with Crippen molar-refractivity contribution in [3.05, 3.63) is 53.6 Å². The van der Waals surface area contributed by atoms with Crippen molar-refractivity contribution in [1.29, 1.82) is 0 Å². The van der Waals surface area contributed by atoms with E-state index in [-0.39, 0.29) is 30.3 Å². The summed E-state index contributed by atoms with van der Waals surface area (Å²) in [5.41, 5.74) is 1.66. The van der Waals surface area contributed by atoms with Gasteiger partial charge in [-0.05, 0) is 29.8 Å². The van der Waals surface area contributed by atoms with Crippen LogP contribution in [0.2, 0.25) is 0 Å². The predicted octanol–water partition coefficient (Wildman–Crippen LogP) is 1.83. The van der Waals surface area contributed by atoms with Crippen molar-refractivity contribution in [2.24, 2.45) is 5.92 Å². The lowest BCUT2D eigenvalue weighted by Gasteiger charge is -2.22. The molecule has 0 saturated carbocycles. The van der Waals surface area contributed by atoms with Crippen LogP contribution in [0, 0.1) is 5.92 Å². The quantitative estimate of drug-likeness (QED) is 0.799. The molecule has 1 fully saturated rings. The summed E-state index contributed by atoms with van der Waals surface area (Å²) in [5.74, 6) is -0.527. The molecule has 1 saturated heterocycles. The highest BCUT2D eigenvalue weighted by Gasteiger charge is 2.35. The third-order valence-corrected chi connectivity index (χ3v) is 5.00. The predicted molar refractivity (Wildman–Crippen MR) is 103 cm³/mol. The van der Waals surface area contributed by atoms with E-state index in [1.807, 2.05) is 0 Å². The first-order valence-corrected chi connectivity index (χ1v) is 9.31. The zero-order valence-corrected chi connectivity index (χ0v) is 15.6. The molecule has 150 valence electrons. The van der Waals surface area contributed by atoms with E-state index in [9.17, 15) is 14.4 Å². The van der Waals surface area contributed by atoms with Crippen molar-refractivity contribution in [3.8, 4) is 11.5 Å². The van der Waals surface area contributed by atoms with Crippen LogP contribution in [0.5, 0.6) is 11.5 Å². The van der Waals surface area contributed by atoms with Crippen LogP contribution in [0.4, 0.5) is 5.69 Å². The van der Waals surface area contributed by atoms with Gasteiger partial charge in [-0.2, -0.15) is 0 Å². The molecule has 29 heavy (non-hydrogen) atoms. The number of rotatable bonds is 5. The van der Waals surface area contributed by atoms with E-state index in [0.29, 0.717) is 36.9 Å². The van der Waals surface area contributed by atoms with Crippen LogP contribution in [0.15, 0.2) is 42.5 Å². The van der Waals surface area contributed by atoms with E-state index in [0.717, 1.165) is 5.56 Å². The minimum absolute atomic E-state index is 0.118. The molecule has 0 spiro atoms. The van der Waals surface area contributed by atoms with E-state index in [4.69, 9.17) is 14.6 Å². The Labute approximate surface area is 167 Å². The number of carbonyl (C=O) groups is 3. The summed E-state index contributed by atoms with van der Waals surface area (Å²) in [4.78, 5) is 37.4. The summed E-state index contributed by atoms with van der Waals surface area (Å²) in [6.07, 6.45) is 0.137. The van der Waals surface area contributed by atoms with Gasteiger partial charge >= 0.3 is 5.97 Å². The zero-order chi connectivity index (χ0) is 20.4. The SMILES string of the molecule is O=C(O)c1ccc(CNC(=O)C2CC(=O)N(c3ccc4c(c3)OCCO4)C2)cc1. The molecule has 2 aromatic rings. The van der Waals surface area contributed by atoms with E-state index >= 15 is 0 Å². The van der Waals surface area contributed by atoms with Crippen LogP contribution in [0.3, 0.4) is 0 Å². The fraction of sp³-hybridized carbons (Fsp3) is 0.286. The van der Waals surface area contributed by atoms with Crippen LogP contribution in [0.1, 0.15) is 22.3 Å². The van der Waals surface area contributed by atoms with Crippen molar-refractivity contribution < 1.29 is 29.0 Å². The summed E-state index contributed by atoms with van der Waals surface area (Å²) in [6.45, 7) is 1.52. The fourth-order valence-corrected chi connectivity index (χ4v) is 3.43. The van der Waals surface area contributed by atoms with Gasteiger partial charge in [-0.15, -0.1) is 0 Å². The molecule has 8 nitrogen and oxygen atoms in total. The number of aromatic carboxylic acids is 1. The van der Waals surface area contributed by atoms with Gasteiger partial charge in [-0.1, -0.05) is 12.1 Å². The first-order valence-electron chi connectivity index (χ1n) is 9.31. The summed E-state index contributed by atoms with van der Waals surface area (Å²) in [6, 6.07) is 11.6. The number of nitrogens with zero attached hydrogens (tertiary/aromatic N) is 1. The Morgan fingerprint density at radius 2 is 1.79 bits per heavy atom. The average Bonchev–Trinajstić information content (AvgIpc) is 3.13. The van der Waals surface area contributed by atoms with E-state index in [1.54, 1.807) is 35.2 Å². The number of nitrogens with one attached hydrogen (secondary N) is 1. The Hall–Kier alpha value is -3.55. The van der Waals surface area contributed by atoms with Gasteiger partial charge in [0.2, 0.25) is 11.8 Å². The molecular formula is C21H20N2O6. The molecule has 2 aliphatic rings. The van der Waals surface area contributed by atoms with Crippen LogP contribution < -0.4 is 19.7 Å². The molecule has 2 amide bonds. The first-order chi connectivity index (χ1) is 14.0. The normalized spacial score (nSPS) is 17.9. The monoisotopic (exact) mass is 396 g/mol. The van der Waals surface area contributed by atoms with Gasteiger partial charge in [-0.25, -0.2) is 4.79 Å². The van der Waals surface area contributed by atoms with Crippen molar-refractivity contribution in [3.63, 3.8) is 0 Å². The van der Waals surface area contributed by atoms with Crippen LogP contribution in [-0.2, 0) is 16.1 Å². The van der Waals surface area contributed by atoms with E-state index in [1.165, 1.54) is 12.1 Å². The number of carbonyl (C=O) groups excluding carboxylic acids is 2. The maximum Gasteiger partial charge on any atom is 0.335 e. The highest BCUT2D eigenvalue weighted by molar-refractivity contribution is 6.00. The molecule has 1 atom stereocenters. The minimum Gasteiger partial charge on any atom is -0.486 e. The molecule has 2 N–H and O–H groups in total. The van der Waals surface area contributed by atoms with Crippen molar-refractivity contribution in [1.82, 2.24) is 5.32 Å². The molecule has 1 unspecified atom stereocenters. The molecule has 2 aliphatic heterocycles. The number of fused-ring (bicyclic) bond motifs is 1. The molecule has 2 heterocycles. The lowest BCUT2D eigenvalue weighted by molar-refractivity contribution is -0.126. The Balaban J connectivity index is 1.37. The number of carboxylic acids is 1. The van der Waals surface area contributed by atoms with Gasteiger partial charge in [0.15, 0.2) is 11.5 Å². The van der Waals surface area contributed by atoms with E-state index < -0.39 is 11.9 Å². The largest absolute Gasteiger partial charge is 0.486 e. The van der Waals surface area contributed by atoms with Crippen molar-refractivity contribution in [2.75, 3.05) is 24.7 Å². The van der Waals surface area contributed by atoms with Crippen LogP contribution >= 0.6 is 0 Å². The molecule has 0 aromatic heterocycles. The van der Waals surface area contributed by atoms with Gasteiger partial charge < -0.3 is 24.8 Å². The van der Waals surface area contributed by atoms with Crippen LogP contribution in [0.25, 0.3) is 0 Å². The van der Waals surface area contributed by atoms with E-state index in [2.05, 4.69) is 5.32 Å². The molecular weight excluding hydrogens is 376 g/mol. The maximum absolute atomic E-state index is 12.5. The number of anilines is 1. The Morgan fingerprint density at radius 1 is 1.07 bits per heavy atom. The molecule has 0 bridgehead atoms. The Kier molecular flexibility index (Phi) is 5.07. The number of carboxylic acid groups (broad SMARTS) is 1. The van der Waals surface area contributed by atoms with Gasteiger partial charge in [0.05, 0.1) is 11.5 Å². The molecule has 4 rings (SSSR count). The van der Waals surface area contributed by atoms with Gasteiger partial charge in [0, 0.05) is 31.3 Å². The average molecular weight is 396 g/mol. The lowest BCUT2D eigenvalue weighted by Crippen LogP contribution is -2.32. The smallest absolute Gasteiger partial charge is 0.335 e. The lowest BCUT2D eigenvalue weighted by atomic mass is 10.1. The standard InChI is InChI=1S/C21H20N2O6/c24-19-9-15(20(25)22-11-13-1-3-14(4-2-13)21(26)27)12-23(19)16-5-6-17-18(10-16)29-8-7-28-17/h1-6,10,15H,7-9,11-12H2,(H,22,25)(H,26,27). The number of amides is 2. The third kappa shape index (κ3) is 4.01. The number of hydrogen-bond acceptors (Lipinski definition) is 5. The highest BCUT2D eigenvalue weighted by atomic mass is 16.6. The third-order valence-electron chi connectivity index (χ3n) is 5.00. The highest BCUT2D eigenvalue weighted by Crippen LogP contribution is 2.36. The van der Waals surface area contributed by atoms with Gasteiger partial charge in [-0.3, -0.25) is 9.59 Å². The minimum atomic E-state index is -0.996. The summed E-state index contributed by atoms with van der Waals surface area (Å²) in [7, 11) is 0. The molecule has 8 heteroatoms. The summed E-state index contributed by atoms with van der Waals surface area (Å²) in [5, 5.41) is 11.7. The van der Waals surface area contributed by atoms with Crippen molar-refractivity contribution >= 4 is 23.5 Å². The summed E-state index contributed by atoms with van der Waals surface area (Å²) < 4.78 is 11.1. The van der Waals surface area contributed by atoms with Gasteiger partial charge in [0.25, 0.3) is 0 Å². The first kappa shape index (κ1) is 18.8.